The lowest BCUT2D eigenvalue weighted by Gasteiger charge is -2.27. The first-order valence-electron chi connectivity index (χ1n) is 7.21. The topological polar surface area (TPSA) is 28.4 Å². The molecular formula is C15H25F3N2O. The van der Waals surface area contributed by atoms with E-state index in [1.807, 2.05) is 19.9 Å². The van der Waals surface area contributed by atoms with Crippen molar-refractivity contribution in [3.8, 4) is 0 Å². The number of nitrogens with zero attached hydrogens (tertiary/aromatic N) is 1. The molecule has 0 amide bonds. The maximum atomic E-state index is 12.6. The molecule has 1 N–H and O–H groups in total. The highest BCUT2D eigenvalue weighted by Gasteiger charge is 2.32. The van der Waals surface area contributed by atoms with Crippen molar-refractivity contribution in [3.63, 3.8) is 0 Å². The third-order valence-electron chi connectivity index (χ3n) is 3.24. The van der Waals surface area contributed by atoms with Crippen molar-refractivity contribution in [1.82, 2.24) is 10.2 Å². The van der Waals surface area contributed by atoms with Gasteiger partial charge in [-0.15, -0.1) is 0 Å². The van der Waals surface area contributed by atoms with Gasteiger partial charge in [0.2, 0.25) is 0 Å². The molecule has 0 radical (unpaired) electrons. The predicted octanol–water partition coefficient (Wildman–Crippen LogP) is 3.86. The Labute approximate surface area is 124 Å². The molecule has 0 aromatic carbocycles. The molecule has 122 valence electrons. The Hall–Kier alpha value is -1.01. The molecule has 0 saturated heterocycles. The van der Waals surface area contributed by atoms with E-state index in [2.05, 4.69) is 5.32 Å². The molecular weight excluding hydrogens is 281 g/mol. The minimum Gasteiger partial charge on any atom is -0.465 e. The van der Waals surface area contributed by atoms with E-state index in [1.165, 1.54) is 4.90 Å². The van der Waals surface area contributed by atoms with Crippen LogP contribution < -0.4 is 5.32 Å². The number of hydrogen-bond donors (Lipinski definition) is 1. The highest BCUT2D eigenvalue weighted by atomic mass is 19.4. The van der Waals surface area contributed by atoms with E-state index in [0.29, 0.717) is 18.3 Å². The first kappa shape index (κ1) is 18.0. The second-order valence-corrected chi connectivity index (χ2v) is 5.94. The summed E-state index contributed by atoms with van der Waals surface area (Å²) >= 11 is 0. The van der Waals surface area contributed by atoms with Crippen molar-refractivity contribution in [1.29, 1.82) is 0 Å². The second kappa shape index (κ2) is 7.31. The van der Waals surface area contributed by atoms with E-state index >= 15 is 0 Å². The average Bonchev–Trinajstić information content (AvgIpc) is 2.65. The fourth-order valence-electron chi connectivity index (χ4n) is 2.01. The van der Waals surface area contributed by atoms with Crippen LogP contribution in [0.15, 0.2) is 10.5 Å². The maximum Gasteiger partial charge on any atom is 0.401 e. The van der Waals surface area contributed by atoms with Gasteiger partial charge in [-0.1, -0.05) is 13.8 Å². The highest BCUT2D eigenvalue weighted by molar-refractivity contribution is 5.21. The molecule has 6 heteroatoms. The average molecular weight is 306 g/mol. The summed E-state index contributed by atoms with van der Waals surface area (Å²) in [6, 6.07) is 1.99. The van der Waals surface area contributed by atoms with Crippen LogP contribution in [-0.2, 0) is 13.1 Å². The number of halogens is 3. The third kappa shape index (κ3) is 6.52. The quantitative estimate of drug-likeness (QED) is 0.829. The molecule has 0 aliphatic rings. The van der Waals surface area contributed by atoms with Gasteiger partial charge >= 0.3 is 6.18 Å². The van der Waals surface area contributed by atoms with E-state index in [-0.39, 0.29) is 12.6 Å². The summed E-state index contributed by atoms with van der Waals surface area (Å²) in [7, 11) is 0. The molecule has 1 aromatic rings. The Morgan fingerprint density at radius 2 is 1.86 bits per heavy atom. The lowest BCUT2D eigenvalue weighted by molar-refractivity contribution is -0.150. The van der Waals surface area contributed by atoms with E-state index in [9.17, 15) is 13.2 Å². The van der Waals surface area contributed by atoms with Gasteiger partial charge in [0.1, 0.15) is 11.5 Å². The second-order valence-electron chi connectivity index (χ2n) is 5.94. The Balaban J connectivity index is 2.75. The van der Waals surface area contributed by atoms with E-state index in [4.69, 9.17) is 4.42 Å². The number of hydrogen-bond acceptors (Lipinski definition) is 3. The summed E-state index contributed by atoms with van der Waals surface area (Å²) in [4.78, 5) is 1.40. The van der Waals surface area contributed by atoms with Crippen molar-refractivity contribution >= 4 is 0 Å². The van der Waals surface area contributed by atoms with Gasteiger partial charge < -0.3 is 9.73 Å². The number of furan rings is 1. The lowest BCUT2D eigenvalue weighted by atomic mass is 10.2. The third-order valence-corrected chi connectivity index (χ3v) is 3.24. The minimum atomic E-state index is -4.19. The standard InChI is InChI=1S/C15H25F3N2O/c1-10(2)19-7-14-6-13(12(5)21-14)8-20(11(3)4)9-15(16,17)18/h6,10-11,19H,7-9H2,1-5H3. The largest absolute Gasteiger partial charge is 0.465 e. The van der Waals surface area contributed by atoms with Crippen molar-refractivity contribution in [2.45, 2.75) is 66.0 Å². The summed E-state index contributed by atoms with van der Waals surface area (Å²) in [5.41, 5.74) is 0.813. The van der Waals surface area contributed by atoms with Crippen LogP contribution in [0.5, 0.6) is 0 Å². The molecule has 21 heavy (non-hydrogen) atoms. The first-order chi connectivity index (χ1) is 9.58. The smallest absolute Gasteiger partial charge is 0.401 e. The van der Waals surface area contributed by atoms with Gasteiger partial charge in [0.05, 0.1) is 13.1 Å². The monoisotopic (exact) mass is 306 g/mol. The SMILES string of the molecule is Cc1oc(CNC(C)C)cc1CN(CC(F)(F)F)C(C)C. The van der Waals surface area contributed by atoms with Crippen LogP contribution in [0.2, 0.25) is 0 Å². The van der Waals surface area contributed by atoms with E-state index in [0.717, 1.165) is 11.3 Å². The Bertz CT molecular complexity index is 439. The molecule has 1 rings (SSSR count). The molecule has 3 nitrogen and oxygen atoms in total. The summed E-state index contributed by atoms with van der Waals surface area (Å²) in [6.07, 6.45) is -4.19. The highest BCUT2D eigenvalue weighted by Crippen LogP contribution is 2.22. The van der Waals surface area contributed by atoms with E-state index in [1.54, 1.807) is 20.8 Å². The van der Waals surface area contributed by atoms with Crippen molar-refractivity contribution in [3.05, 3.63) is 23.2 Å². The fourth-order valence-corrected chi connectivity index (χ4v) is 2.01. The Morgan fingerprint density at radius 1 is 1.24 bits per heavy atom. The summed E-state index contributed by atoms with van der Waals surface area (Å²) < 4.78 is 43.4. The van der Waals surface area contributed by atoms with E-state index < -0.39 is 12.7 Å². The van der Waals surface area contributed by atoms with Gasteiger partial charge in [-0.05, 0) is 26.8 Å². The molecule has 0 aliphatic heterocycles. The zero-order valence-corrected chi connectivity index (χ0v) is 13.3. The van der Waals surface area contributed by atoms with Crippen molar-refractivity contribution in [2.75, 3.05) is 6.54 Å². The molecule has 0 atom stereocenters. The number of alkyl halides is 3. The van der Waals surface area contributed by atoms with Crippen LogP contribution in [0.3, 0.4) is 0 Å². The predicted molar refractivity (Wildman–Crippen MR) is 77.0 cm³/mol. The molecule has 0 unspecified atom stereocenters. The van der Waals surface area contributed by atoms with Crippen LogP contribution in [-0.4, -0.2) is 29.7 Å². The van der Waals surface area contributed by atoms with Gasteiger partial charge in [-0.2, -0.15) is 13.2 Å². The molecule has 1 heterocycles. The van der Waals surface area contributed by atoms with Crippen LogP contribution in [0.1, 0.15) is 44.8 Å². The number of aryl methyl sites for hydroxylation is 1. The molecule has 1 aromatic heterocycles. The Kier molecular flexibility index (Phi) is 6.28. The lowest BCUT2D eigenvalue weighted by Crippen LogP contribution is -2.38. The molecule has 0 fully saturated rings. The van der Waals surface area contributed by atoms with Crippen molar-refractivity contribution < 1.29 is 17.6 Å². The number of rotatable bonds is 7. The molecule has 0 saturated carbocycles. The zero-order chi connectivity index (χ0) is 16.2. The van der Waals surface area contributed by atoms with Crippen molar-refractivity contribution in [2.24, 2.45) is 0 Å². The van der Waals surface area contributed by atoms with Gasteiger partial charge in [-0.25, -0.2) is 0 Å². The van der Waals surface area contributed by atoms with Crippen LogP contribution in [0.4, 0.5) is 13.2 Å². The zero-order valence-electron chi connectivity index (χ0n) is 13.3. The Morgan fingerprint density at radius 3 is 2.33 bits per heavy atom. The summed E-state index contributed by atoms with van der Waals surface area (Å²) in [5, 5.41) is 3.23. The van der Waals surface area contributed by atoms with Gasteiger partial charge in [0, 0.05) is 24.2 Å². The van der Waals surface area contributed by atoms with Crippen LogP contribution in [0, 0.1) is 6.92 Å². The maximum absolute atomic E-state index is 12.6. The molecule has 0 spiro atoms. The normalized spacial score (nSPS) is 12.9. The van der Waals surface area contributed by atoms with Gasteiger partial charge in [-0.3, -0.25) is 4.90 Å². The number of nitrogens with one attached hydrogen (secondary N) is 1. The van der Waals surface area contributed by atoms with Crippen LogP contribution >= 0.6 is 0 Å². The summed E-state index contributed by atoms with van der Waals surface area (Å²) in [6.45, 7) is 9.30. The van der Waals surface area contributed by atoms with Gasteiger partial charge in [0.25, 0.3) is 0 Å². The first-order valence-corrected chi connectivity index (χ1v) is 7.21. The molecule has 0 bridgehead atoms. The van der Waals surface area contributed by atoms with Crippen LogP contribution in [0.25, 0.3) is 0 Å². The summed E-state index contributed by atoms with van der Waals surface area (Å²) in [5.74, 6) is 1.44. The van der Waals surface area contributed by atoms with Gasteiger partial charge in [0.15, 0.2) is 0 Å². The molecule has 0 aliphatic carbocycles. The fraction of sp³-hybridized carbons (Fsp3) is 0.733. The minimum absolute atomic E-state index is 0.182.